The summed E-state index contributed by atoms with van der Waals surface area (Å²) in [7, 11) is 0. The zero-order valence-electron chi connectivity index (χ0n) is 9.63. The van der Waals surface area contributed by atoms with Crippen LogP contribution in [0.2, 0.25) is 0 Å². The number of anilines is 1. The highest BCUT2D eigenvalue weighted by molar-refractivity contribution is 5.40. The fourth-order valence-corrected chi connectivity index (χ4v) is 1.61. The summed E-state index contributed by atoms with van der Waals surface area (Å²) in [5.74, 6) is 0. The van der Waals surface area contributed by atoms with Gasteiger partial charge in [-0.05, 0) is 30.7 Å². The summed E-state index contributed by atoms with van der Waals surface area (Å²) in [6.45, 7) is 4.27. The molecule has 0 heterocycles. The number of benzene rings is 1. The first-order valence-electron chi connectivity index (χ1n) is 5.88. The molecule has 0 aromatic heterocycles. The molecule has 0 spiro atoms. The van der Waals surface area contributed by atoms with E-state index >= 15 is 0 Å². The molecule has 0 aliphatic rings. The number of hydrogen-bond donors (Lipinski definition) is 2. The summed E-state index contributed by atoms with van der Waals surface area (Å²) in [5, 5.41) is 3.43. The average Bonchev–Trinajstić information content (AvgIpc) is 2.23. The van der Waals surface area contributed by atoms with Gasteiger partial charge in [0.25, 0.3) is 0 Å². The van der Waals surface area contributed by atoms with E-state index in [4.69, 9.17) is 5.73 Å². The summed E-state index contributed by atoms with van der Waals surface area (Å²) < 4.78 is 0. The Balaban J connectivity index is 2.10. The third-order valence-electron chi connectivity index (χ3n) is 2.49. The molecule has 0 aliphatic carbocycles. The topological polar surface area (TPSA) is 38.0 Å². The highest BCUT2D eigenvalue weighted by Crippen LogP contribution is 2.06. The zero-order valence-corrected chi connectivity index (χ0v) is 9.63. The summed E-state index contributed by atoms with van der Waals surface area (Å²) in [4.78, 5) is 0. The molecule has 15 heavy (non-hydrogen) atoms. The lowest BCUT2D eigenvalue weighted by molar-refractivity contribution is 0.598. The van der Waals surface area contributed by atoms with Gasteiger partial charge in [-0.2, -0.15) is 0 Å². The van der Waals surface area contributed by atoms with Gasteiger partial charge in [-0.25, -0.2) is 0 Å². The van der Waals surface area contributed by atoms with Crippen molar-refractivity contribution >= 4 is 5.69 Å². The van der Waals surface area contributed by atoms with Crippen LogP contribution >= 0.6 is 0 Å². The number of nitrogen functional groups attached to an aromatic ring is 1. The minimum atomic E-state index is 0.847. The molecule has 0 bridgehead atoms. The highest BCUT2D eigenvalue weighted by Gasteiger charge is 1.93. The SMILES string of the molecule is CCCCCCNCc1cccc(N)c1. The predicted molar refractivity (Wildman–Crippen MR) is 66.7 cm³/mol. The Morgan fingerprint density at radius 1 is 1.20 bits per heavy atom. The summed E-state index contributed by atoms with van der Waals surface area (Å²) in [6.07, 6.45) is 5.26. The van der Waals surface area contributed by atoms with E-state index in [9.17, 15) is 0 Å². The Labute approximate surface area is 92.9 Å². The van der Waals surface area contributed by atoms with Crippen molar-refractivity contribution in [1.82, 2.24) is 5.32 Å². The largest absolute Gasteiger partial charge is 0.399 e. The Bertz CT molecular complexity index is 271. The molecule has 0 aliphatic heterocycles. The molecule has 0 saturated carbocycles. The van der Waals surface area contributed by atoms with E-state index in [1.54, 1.807) is 0 Å². The van der Waals surface area contributed by atoms with Crippen molar-refractivity contribution in [3.05, 3.63) is 29.8 Å². The van der Waals surface area contributed by atoms with Crippen molar-refractivity contribution in [2.75, 3.05) is 12.3 Å². The second kappa shape index (κ2) is 7.30. The second-order valence-corrected chi connectivity index (χ2v) is 3.98. The van der Waals surface area contributed by atoms with E-state index in [1.165, 1.54) is 31.2 Å². The zero-order chi connectivity index (χ0) is 10.9. The Kier molecular flexibility index (Phi) is 5.86. The number of nitrogens with two attached hydrogens (primary N) is 1. The van der Waals surface area contributed by atoms with Crippen molar-refractivity contribution in [3.8, 4) is 0 Å². The lowest BCUT2D eigenvalue weighted by Gasteiger charge is -2.05. The van der Waals surface area contributed by atoms with Crippen LogP contribution < -0.4 is 11.1 Å². The lowest BCUT2D eigenvalue weighted by atomic mass is 10.2. The first kappa shape index (κ1) is 12.1. The van der Waals surface area contributed by atoms with Crippen molar-refractivity contribution in [2.24, 2.45) is 0 Å². The Morgan fingerprint density at radius 2 is 2.07 bits per heavy atom. The van der Waals surface area contributed by atoms with E-state index in [0.29, 0.717) is 0 Å². The minimum absolute atomic E-state index is 0.847. The van der Waals surface area contributed by atoms with E-state index < -0.39 is 0 Å². The fourth-order valence-electron chi connectivity index (χ4n) is 1.61. The molecule has 0 fully saturated rings. The fraction of sp³-hybridized carbons (Fsp3) is 0.538. The van der Waals surface area contributed by atoms with E-state index in [0.717, 1.165) is 18.8 Å². The van der Waals surface area contributed by atoms with Crippen molar-refractivity contribution in [1.29, 1.82) is 0 Å². The number of rotatable bonds is 7. The normalized spacial score (nSPS) is 10.5. The van der Waals surface area contributed by atoms with Crippen molar-refractivity contribution in [2.45, 2.75) is 39.2 Å². The quantitative estimate of drug-likeness (QED) is 0.532. The standard InChI is InChI=1S/C13H22N2/c1-2-3-4-5-9-15-11-12-7-6-8-13(14)10-12/h6-8,10,15H,2-5,9,11,14H2,1H3. The van der Waals surface area contributed by atoms with Gasteiger partial charge in [-0.3, -0.25) is 0 Å². The van der Waals surface area contributed by atoms with Gasteiger partial charge in [0.05, 0.1) is 0 Å². The molecule has 3 N–H and O–H groups in total. The van der Waals surface area contributed by atoms with Gasteiger partial charge in [-0.1, -0.05) is 38.3 Å². The Hall–Kier alpha value is -1.02. The van der Waals surface area contributed by atoms with Crippen molar-refractivity contribution in [3.63, 3.8) is 0 Å². The van der Waals surface area contributed by atoms with Crippen molar-refractivity contribution < 1.29 is 0 Å². The van der Waals surface area contributed by atoms with Crippen LogP contribution in [0.1, 0.15) is 38.2 Å². The molecule has 0 unspecified atom stereocenters. The molecular weight excluding hydrogens is 184 g/mol. The molecule has 1 rings (SSSR count). The highest BCUT2D eigenvalue weighted by atomic mass is 14.8. The molecule has 0 atom stereocenters. The predicted octanol–water partition coefficient (Wildman–Crippen LogP) is 2.94. The molecule has 1 aromatic rings. The molecule has 0 radical (unpaired) electrons. The molecule has 2 nitrogen and oxygen atoms in total. The summed E-state index contributed by atoms with van der Waals surface area (Å²) in [6, 6.07) is 8.06. The van der Waals surface area contributed by atoms with E-state index in [-0.39, 0.29) is 0 Å². The third kappa shape index (κ3) is 5.43. The molecule has 84 valence electrons. The summed E-state index contributed by atoms with van der Waals surface area (Å²) in [5.41, 5.74) is 7.82. The maximum atomic E-state index is 5.70. The van der Waals surface area contributed by atoms with Gasteiger partial charge in [0, 0.05) is 12.2 Å². The number of unbranched alkanes of at least 4 members (excludes halogenated alkanes) is 3. The van der Waals surface area contributed by atoms with Crippen LogP contribution in [0.4, 0.5) is 5.69 Å². The molecule has 0 amide bonds. The van der Waals surface area contributed by atoms with Crippen LogP contribution in [0.15, 0.2) is 24.3 Å². The van der Waals surface area contributed by atoms with Gasteiger partial charge in [0.2, 0.25) is 0 Å². The maximum absolute atomic E-state index is 5.70. The molecular formula is C13H22N2. The van der Waals surface area contributed by atoms with Crippen LogP contribution in [0.25, 0.3) is 0 Å². The smallest absolute Gasteiger partial charge is 0.0317 e. The maximum Gasteiger partial charge on any atom is 0.0317 e. The monoisotopic (exact) mass is 206 g/mol. The number of hydrogen-bond acceptors (Lipinski definition) is 2. The third-order valence-corrected chi connectivity index (χ3v) is 2.49. The van der Waals surface area contributed by atoms with E-state index in [2.05, 4.69) is 18.3 Å². The minimum Gasteiger partial charge on any atom is -0.399 e. The molecule has 1 aromatic carbocycles. The van der Waals surface area contributed by atoms with E-state index in [1.807, 2.05) is 18.2 Å². The lowest BCUT2D eigenvalue weighted by Crippen LogP contribution is -2.14. The average molecular weight is 206 g/mol. The van der Waals surface area contributed by atoms with Crippen LogP contribution in [0.5, 0.6) is 0 Å². The van der Waals surface area contributed by atoms with Gasteiger partial charge < -0.3 is 11.1 Å². The van der Waals surface area contributed by atoms with Crippen LogP contribution in [0.3, 0.4) is 0 Å². The second-order valence-electron chi connectivity index (χ2n) is 3.98. The van der Waals surface area contributed by atoms with Gasteiger partial charge in [0.15, 0.2) is 0 Å². The van der Waals surface area contributed by atoms with Gasteiger partial charge >= 0.3 is 0 Å². The van der Waals surface area contributed by atoms with Gasteiger partial charge in [0.1, 0.15) is 0 Å². The summed E-state index contributed by atoms with van der Waals surface area (Å²) >= 11 is 0. The Morgan fingerprint density at radius 3 is 2.80 bits per heavy atom. The number of nitrogens with one attached hydrogen (secondary N) is 1. The first-order chi connectivity index (χ1) is 7.33. The van der Waals surface area contributed by atoms with Crippen LogP contribution in [0, 0.1) is 0 Å². The first-order valence-corrected chi connectivity index (χ1v) is 5.88. The molecule has 2 heteroatoms. The van der Waals surface area contributed by atoms with Gasteiger partial charge in [-0.15, -0.1) is 0 Å². The van der Waals surface area contributed by atoms with Crippen LogP contribution in [-0.2, 0) is 6.54 Å². The molecule has 0 saturated heterocycles. The van der Waals surface area contributed by atoms with Crippen LogP contribution in [-0.4, -0.2) is 6.54 Å².